The molecule has 0 spiro atoms. The quantitative estimate of drug-likeness (QED) is 0.333. The molecule has 3 rings (SSSR count). The van der Waals surface area contributed by atoms with Crippen molar-refractivity contribution in [3.8, 4) is 5.75 Å². The number of hydrogen-bond donors (Lipinski definition) is 3. The zero-order chi connectivity index (χ0) is 18.2. The molecule has 1 aliphatic rings. The van der Waals surface area contributed by atoms with Crippen molar-refractivity contribution >= 4 is 5.84 Å². The minimum absolute atomic E-state index is 0.194. The van der Waals surface area contributed by atoms with Crippen LogP contribution in [0.15, 0.2) is 35.4 Å². The molecular formula is C16H16F3N5O. The van der Waals surface area contributed by atoms with E-state index in [2.05, 4.69) is 15.5 Å². The number of aryl methyl sites for hydroxylation is 1. The summed E-state index contributed by atoms with van der Waals surface area (Å²) in [6.45, 7) is 1.85. The Bertz CT molecular complexity index is 835. The van der Waals surface area contributed by atoms with Crippen LogP contribution in [0, 0.1) is 6.92 Å². The van der Waals surface area contributed by atoms with Crippen molar-refractivity contribution in [2.24, 2.45) is 16.8 Å². The van der Waals surface area contributed by atoms with E-state index < -0.39 is 17.8 Å². The lowest BCUT2D eigenvalue weighted by Gasteiger charge is -2.13. The minimum atomic E-state index is -4.39. The van der Waals surface area contributed by atoms with E-state index in [0.29, 0.717) is 29.1 Å². The average molecular weight is 351 g/mol. The van der Waals surface area contributed by atoms with Crippen molar-refractivity contribution in [2.75, 3.05) is 0 Å². The minimum Gasteiger partial charge on any atom is -0.483 e. The first kappa shape index (κ1) is 17.0. The molecule has 0 aliphatic carbocycles. The number of hydrogen-bond acceptors (Lipinski definition) is 5. The number of rotatable bonds is 2. The van der Waals surface area contributed by atoms with Gasteiger partial charge in [-0.3, -0.25) is 0 Å². The molecule has 6 nitrogen and oxygen atoms in total. The number of halogens is 3. The van der Waals surface area contributed by atoms with Crippen LogP contribution in [-0.4, -0.2) is 10.8 Å². The molecule has 0 bridgehead atoms. The Balaban J connectivity index is 1.92. The second kappa shape index (κ2) is 6.25. The summed E-state index contributed by atoms with van der Waals surface area (Å²) >= 11 is 0. The SMILES string of the molecule is Cc1cc(/C(=N/N)NN)nc(C2Cc3cc(C(F)(F)F)ccc3O2)c1. The molecule has 5 N–H and O–H groups in total. The molecule has 1 aliphatic heterocycles. The van der Waals surface area contributed by atoms with Gasteiger partial charge < -0.3 is 16.0 Å². The first-order chi connectivity index (χ1) is 11.8. The van der Waals surface area contributed by atoms with Gasteiger partial charge in [-0.1, -0.05) is 0 Å². The molecular weight excluding hydrogens is 335 g/mol. The van der Waals surface area contributed by atoms with Gasteiger partial charge >= 0.3 is 6.18 Å². The van der Waals surface area contributed by atoms with Crippen molar-refractivity contribution in [1.82, 2.24) is 10.4 Å². The van der Waals surface area contributed by atoms with Crippen molar-refractivity contribution in [1.29, 1.82) is 0 Å². The number of ether oxygens (including phenoxy) is 1. The Hall–Kier alpha value is -2.81. The monoisotopic (exact) mass is 351 g/mol. The van der Waals surface area contributed by atoms with E-state index in [9.17, 15) is 13.2 Å². The highest BCUT2D eigenvalue weighted by Gasteiger charge is 2.34. The van der Waals surface area contributed by atoms with Crippen LogP contribution in [0.1, 0.15) is 34.2 Å². The van der Waals surface area contributed by atoms with Crippen LogP contribution in [0.3, 0.4) is 0 Å². The molecule has 2 heterocycles. The van der Waals surface area contributed by atoms with E-state index in [4.69, 9.17) is 16.4 Å². The number of hydrazine groups is 1. The number of alkyl halides is 3. The fraction of sp³-hybridized carbons (Fsp3) is 0.250. The molecule has 1 atom stereocenters. The molecule has 25 heavy (non-hydrogen) atoms. The number of pyridine rings is 1. The van der Waals surface area contributed by atoms with E-state index in [1.54, 1.807) is 12.1 Å². The second-order valence-electron chi connectivity index (χ2n) is 5.71. The number of amidine groups is 1. The summed E-state index contributed by atoms with van der Waals surface area (Å²) in [4.78, 5) is 4.41. The third-order valence-electron chi connectivity index (χ3n) is 3.89. The van der Waals surface area contributed by atoms with Crippen LogP contribution in [0.4, 0.5) is 13.2 Å². The van der Waals surface area contributed by atoms with Gasteiger partial charge in [-0.15, -0.1) is 0 Å². The van der Waals surface area contributed by atoms with Gasteiger partial charge in [-0.2, -0.15) is 18.3 Å². The van der Waals surface area contributed by atoms with E-state index >= 15 is 0 Å². The number of nitrogens with two attached hydrogens (primary N) is 2. The Kier molecular flexibility index (Phi) is 4.25. The lowest BCUT2D eigenvalue weighted by molar-refractivity contribution is -0.137. The molecule has 0 saturated carbocycles. The highest BCUT2D eigenvalue weighted by Crippen LogP contribution is 2.40. The molecule has 2 aromatic rings. The average Bonchev–Trinajstić information content (AvgIpc) is 2.98. The summed E-state index contributed by atoms with van der Waals surface area (Å²) < 4.78 is 44.3. The number of nitrogens with one attached hydrogen (secondary N) is 1. The Morgan fingerprint density at radius 1 is 1.32 bits per heavy atom. The zero-order valence-electron chi connectivity index (χ0n) is 13.3. The van der Waals surface area contributed by atoms with Crippen molar-refractivity contribution in [3.05, 3.63) is 58.4 Å². The van der Waals surface area contributed by atoms with Crippen LogP contribution < -0.4 is 21.8 Å². The normalized spacial score (nSPS) is 17.2. The number of aromatic nitrogens is 1. The molecule has 1 aromatic carbocycles. The molecule has 0 radical (unpaired) electrons. The van der Waals surface area contributed by atoms with E-state index in [1.165, 1.54) is 6.07 Å². The van der Waals surface area contributed by atoms with Gasteiger partial charge in [-0.25, -0.2) is 10.8 Å². The van der Waals surface area contributed by atoms with Crippen molar-refractivity contribution < 1.29 is 17.9 Å². The molecule has 1 aromatic heterocycles. The van der Waals surface area contributed by atoms with Crippen LogP contribution in [0.5, 0.6) is 5.75 Å². The highest BCUT2D eigenvalue weighted by molar-refractivity contribution is 5.96. The van der Waals surface area contributed by atoms with Gasteiger partial charge in [-0.05, 0) is 48.4 Å². The zero-order valence-corrected chi connectivity index (χ0v) is 13.3. The van der Waals surface area contributed by atoms with Gasteiger partial charge in [0.05, 0.1) is 11.3 Å². The van der Waals surface area contributed by atoms with Crippen LogP contribution >= 0.6 is 0 Å². The number of benzene rings is 1. The van der Waals surface area contributed by atoms with Crippen LogP contribution in [0.25, 0.3) is 0 Å². The third kappa shape index (κ3) is 3.36. The number of fused-ring (bicyclic) bond motifs is 1. The maximum absolute atomic E-state index is 12.9. The van der Waals surface area contributed by atoms with Gasteiger partial charge in [0.25, 0.3) is 0 Å². The summed E-state index contributed by atoms with van der Waals surface area (Å²) in [7, 11) is 0. The van der Waals surface area contributed by atoms with Crippen LogP contribution in [0.2, 0.25) is 0 Å². The summed E-state index contributed by atoms with van der Waals surface area (Å²) in [5.74, 6) is 11.2. The third-order valence-corrected chi connectivity index (χ3v) is 3.89. The molecule has 0 amide bonds. The largest absolute Gasteiger partial charge is 0.483 e. The Labute approximate surface area is 141 Å². The molecule has 132 valence electrons. The standard InChI is InChI=1S/C16H16F3N5O/c1-8-4-11(22-12(5-8)15(23-20)24-21)14-7-9-6-10(16(17,18)19)2-3-13(9)25-14/h2-6,14H,7,20-21H2,1H3,(H,23,24). The molecule has 1 unspecified atom stereocenters. The fourth-order valence-electron chi connectivity index (χ4n) is 2.75. The maximum Gasteiger partial charge on any atom is 0.416 e. The van der Waals surface area contributed by atoms with Gasteiger partial charge in [0, 0.05) is 6.42 Å². The smallest absolute Gasteiger partial charge is 0.416 e. The maximum atomic E-state index is 12.9. The summed E-state index contributed by atoms with van der Waals surface area (Å²) in [5, 5.41) is 3.52. The summed E-state index contributed by atoms with van der Waals surface area (Å²) in [6.07, 6.45) is -4.59. The summed E-state index contributed by atoms with van der Waals surface area (Å²) in [6, 6.07) is 6.99. The van der Waals surface area contributed by atoms with Crippen molar-refractivity contribution in [3.63, 3.8) is 0 Å². The lowest BCUT2D eigenvalue weighted by Crippen LogP contribution is -2.33. The van der Waals surface area contributed by atoms with E-state index in [-0.39, 0.29) is 5.84 Å². The Morgan fingerprint density at radius 2 is 2.08 bits per heavy atom. The first-order valence-electron chi connectivity index (χ1n) is 7.42. The molecule has 9 heteroatoms. The van der Waals surface area contributed by atoms with Crippen molar-refractivity contribution in [2.45, 2.75) is 25.6 Å². The topological polar surface area (TPSA) is 98.5 Å². The summed E-state index contributed by atoms with van der Waals surface area (Å²) in [5.41, 5.74) is 4.01. The lowest BCUT2D eigenvalue weighted by atomic mass is 10.0. The predicted molar refractivity (Wildman–Crippen MR) is 85.5 cm³/mol. The second-order valence-corrected chi connectivity index (χ2v) is 5.71. The molecule has 0 fully saturated rings. The number of hydrazone groups is 1. The fourth-order valence-corrected chi connectivity index (χ4v) is 2.75. The van der Waals surface area contributed by atoms with Gasteiger partial charge in [0.15, 0.2) is 5.84 Å². The first-order valence-corrected chi connectivity index (χ1v) is 7.42. The number of nitrogens with zero attached hydrogens (tertiary/aromatic N) is 2. The van der Waals surface area contributed by atoms with E-state index in [1.807, 2.05) is 6.92 Å². The van der Waals surface area contributed by atoms with Gasteiger partial charge in [0.2, 0.25) is 0 Å². The van der Waals surface area contributed by atoms with Gasteiger partial charge in [0.1, 0.15) is 17.5 Å². The van der Waals surface area contributed by atoms with E-state index in [0.717, 1.165) is 17.7 Å². The Morgan fingerprint density at radius 3 is 2.72 bits per heavy atom. The van der Waals surface area contributed by atoms with Crippen LogP contribution in [-0.2, 0) is 12.6 Å². The molecule has 0 saturated heterocycles. The highest BCUT2D eigenvalue weighted by atomic mass is 19.4. The predicted octanol–water partition coefficient (Wildman–Crippen LogP) is 2.17.